The van der Waals surface area contributed by atoms with Gasteiger partial charge < -0.3 is 19.4 Å². The molecule has 1 amide bonds. The van der Waals surface area contributed by atoms with Gasteiger partial charge in [0.05, 0.1) is 33.8 Å². The fourth-order valence-corrected chi connectivity index (χ4v) is 9.11. The SMILES string of the molecule is CCCCC/C=C\C/C=C\CCCCCCCCCC(=O)OC(/C=C/CCCCCCCCCCC)C(COP(=O)(O)OCC[N+](C)(C)C)NC(=O)CCCCCCC/C=C/CCCCCCCCC. The molecule has 0 saturated carbocycles. The third kappa shape index (κ3) is 50.9. The van der Waals surface area contributed by atoms with Gasteiger partial charge in [-0.3, -0.25) is 18.6 Å². The molecule has 0 fully saturated rings. The van der Waals surface area contributed by atoms with Crippen LogP contribution in [0.25, 0.3) is 0 Å². The van der Waals surface area contributed by atoms with E-state index in [0.29, 0.717) is 17.4 Å². The molecule has 3 unspecified atom stereocenters. The van der Waals surface area contributed by atoms with Crippen molar-refractivity contribution in [2.45, 2.75) is 283 Å². The highest BCUT2D eigenvalue weighted by Crippen LogP contribution is 2.43. The van der Waals surface area contributed by atoms with E-state index in [-0.39, 0.29) is 31.5 Å². The van der Waals surface area contributed by atoms with E-state index in [0.717, 1.165) is 96.3 Å². The highest BCUT2D eigenvalue weighted by molar-refractivity contribution is 7.47. The highest BCUT2D eigenvalue weighted by atomic mass is 31.2. The molecule has 0 aromatic heterocycles. The van der Waals surface area contributed by atoms with Gasteiger partial charge in [-0.15, -0.1) is 0 Å². The van der Waals surface area contributed by atoms with Gasteiger partial charge in [-0.25, -0.2) is 4.57 Å². The Labute approximate surface area is 433 Å². The van der Waals surface area contributed by atoms with Crippen molar-refractivity contribution >= 4 is 19.7 Å². The predicted octanol–water partition coefficient (Wildman–Crippen LogP) is 17.7. The van der Waals surface area contributed by atoms with Crippen LogP contribution in [0.1, 0.15) is 271 Å². The summed E-state index contributed by atoms with van der Waals surface area (Å²) >= 11 is 0. The number of likely N-dealkylation sites (N-methyl/N-ethyl adjacent to an activating group) is 1. The number of allylic oxidation sites excluding steroid dienone is 7. The van der Waals surface area contributed by atoms with Crippen molar-refractivity contribution in [1.82, 2.24) is 5.32 Å². The van der Waals surface area contributed by atoms with E-state index in [4.69, 9.17) is 13.8 Å². The molecule has 2 N–H and O–H groups in total. The molecule has 0 saturated heterocycles. The Morgan fingerprint density at radius 2 is 0.871 bits per heavy atom. The Balaban J connectivity index is 5.31. The van der Waals surface area contributed by atoms with Gasteiger partial charge in [-0.2, -0.15) is 0 Å². The lowest BCUT2D eigenvalue weighted by atomic mass is 10.1. The Bertz CT molecular complexity index is 1340. The summed E-state index contributed by atoms with van der Waals surface area (Å²) in [7, 11) is 1.49. The number of phosphoric ester groups is 1. The number of phosphoric acid groups is 1. The van der Waals surface area contributed by atoms with Gasteiger partial charge in [-0.1, -0.05) is 217 Å². The Morgan fingerprint density at radius 3 is 1.33 bits per heavy atom. The standard InChI is InChI=1S/C60H113N2O7P/c1-7-10-13-16-19-22-25-27-29-31-33-35-38-41-44-47-50-53-60(64)69-58(51-48-45-42-39-36-24-21-18-15-12-9-3)57(56-68-70(65,66)67-55-54-62(4,5)6)61-59(63)52-49-46-43-40-37-34-32-30-28-26-23-20-17-14-11-8-2/h19,22,27,29-30,32,48,51,57-58H,7-18,20-21,23-26,28,31,33-47,49-50,52-56H2,1-6H3,(H-,61,63,65,66)/p+1/b22-19-,29-27-,32-30+,51-48+. The van der Waals surface area contributed by atoms with Gasteiger partial charge in [0.1, 0.15) is 19.3 Å². The van der Waals surface area contributed by atoms with E-state index >= 15 is 0 Å². The van der Waals surface area contributed by atoms with Gasteiger partial charge in [0.25, 0.3) is 0 Å². The fourth-order valence-electron chi connectivity index (χ4n) is 8.38. The number of hydrogen-bond acceptors (Lipinski definition) is 6. The van der Waals surface area contributed by atoms with Crippen molar-refractivity contribution in [1.29, 1.82) is 0 Å². The first-order valence-corrected chi connectivity index (χ1v) is 31.0. The van der Waals surface area contributed by atoms with E-state index in [2.05, 4.69) is 62.5 Å². The van der Waals surface area contributed by atoms with E-state index in [1.165, 1.54) is 141 Å². The fraction of sp³-hybridized carbons (Fsp3) is 0.833. The number of esters is 1. The summed E-state index contributed by atoms with van der Waals surface area (Å²) in [5.74, 6) is -0.520. The zero-order valence-electron chi connectivity index (χ0n) is 46.8. The Hall–Kier alpha value is -2.03. The lowest BCUT2D eigenvalue weighted by molar-refractivity contribution is -0.870. The predicted molar refractivity (Wildman–Crippen MR) is 300 cm³/mol. The number of nitrogens with zero attached hydrogens (tertiary/aromatic N) is 1. The second kappa shape index (κ2) is 50.5. The topological polar surface area (TPSA) is 111 Å². The van der Waals surface area contributed by atoms with Gasteiger partial charge >= 0.3 is 13.8 Å². The minimum atomic E-state index is -4.45. The number of carbonyl (C=O) groups excluding carboxylic acids is 2. The molecule has 0 spiro atoms. The highest BCUT2D eigenvalue weighted by Gasteiger charge is 2.30. The van der Waals surface area contributed by atoms with Crippen LogP contribution < -0.4 is 5.32 Å². The van der Waals surface area contributed by atoms with Crippen molar-refractivity contribution in [3.8, 4) is 0 Å². The van der Waals surface area contributed by atoms with Gasteiger partial charge in [-0.05, 0) is 89.5 Å². The maximum atomic E-state index is 13.5. The molecular weight excluding hydrogens is 892 g/mol. The smallest absolute Gasteiger partial charge is 0.456 e. The molecule has 10 heteroatoms. The molecule has 410 valence electrons. The molecule has 0 rings (SSSR count). The van der Waals surface area contributed by atoms with Crippen LogP contribution in [0.15, 0.2) is 48.6 Å². The third-order valence-electron chi connectivity index (χ3n) is 13.0. The molecule has 0 aliphatic heterocycles. The average Bonchev–Trinajstić information content (AvgIpc) is 3.32. The zero-order valence-corrected chi connectivity index (χ0v) is 47.7. The number of hydrogen-bond donors (Lipinski definition) is 2. The minimum absolute atomic E-state index is 0.0373. The van der Waals surface area contributed by atoms with Crippen molar-refractivity contribution in [3.63, 3.8) is 0 Å². The van der Waals surface area contributed by atoms with Crippen LogP contribution in [0.2, 0.25) is 0 Å². The average molecular weight is 1010 g/mol. The number of rotatable bonds is 53. The number of nitrogens with one attached hydrogen (secondary N) is 1. The number of carbonyl (C=O) groups is 2. The molecule has 0 radical (unpaired) electrons. The van der Waals surface area contributed by atoms with Crippen LogP contribution in [0, 0.1) is 0 Å². The van der Waals surface area contributed by atoms with E-state index in [1.807, 2.05) is 33.3 Å². The first-order valence-electron chi connectivity index (χ1n) is 29.5. The summed E-state index contributed by atoms with van der Waals surface area (Å²) in [6.07, 6.45) is 61.0. The minimum Gasteiger partial charge on any atom is -0.456 e. The summed E-state index contributed by atoms with van der Waals surface area (Å²) in [5.41, 5.74) is 0. The van der Waals surface area contributed by atoms with Gasteiger partial charge in [0.2, 0.25) is 5.91 Å². The van der Waals surface area contributed by atoms with E-state index < -0.39 is 20.0 Å². The van der Waals surface area contributed by atoms with Crippen molar-refractivity contribution < 1.29 is 37.3 Å². The molecule has 70 heavy (non-hydrogen) atoms. The van der Waals surface area contributed by atoms with Crippen LogP contribution in [0.4, 0.5) is 0 Å². The van der Waals surface area contributed by atoms with E-state index in [1.54, 1.807) is 0 Å². The molecule has 0 aromatic rings. The summed E-state index contributed by atoms with van der Waals surface area (Å²) in [6.45, 7) is 6.98. The quantitative estimate of drug-likeness (QED) is 0.0205. The lowest BCUT2D eigenvalue weighted by Gasteiger charge is -2.27. The van der Waals surface area contributed by atoms with Crippen LogP contribution >= 0.6 is 7.82 Å². The maximum Gasteiger partial charge on any atom is 0.472 e. The first-order chi connectivity index (χ1) is 33.9. The largest absolute Gasteiger partial charge is 0.472 e. The molecular formula is C60H114N2O7P+. The van der Waals surface area contributed by atoms with Crippen LogP contribution in [0.5, 0.6) is 0 Å². The molecule has 0 aliphatic rings. The second-order valence-corrected chi connectivity index (χ2v) is 22.6. The molecule has 0 aliphatic carbocycles. The molecule has 0 aromatic carbocycles. The molecule has 0 heterocycles. The van der Waals surface area contributed by atoms with Crippen LogP contribution in [0.3, 0.4) is 0 Å². The van der Waals surface area contributed by atoms with E-state index in [9.17, 15) is 19.0 Å². The molecule has 0 bridgehead atoms. The van der Waals surface area contributed by atoms with Crippen LogP contribution in [-0.2, 0) is 27.9 Å². The monoisotopic (exact) mass is 1010 g/mol. The maximum absolute atomic E-state index is 13.5. The van der Waals surface area contributed by atoms with Gasteiger partial charge in [0.15, 0.2) is 0 Å². The number of unbranched alkanes of at least 4 members (excludes halogenated alkanes) is 31. The lowest BCUT2D eigenvalue weighted by Crippen LogP contribution is -2.47. The normalized spacial score (nSPS) is 14.1. The molecule has 3 atom stereocenters. The van der Waals surface area contributed by atoms with Crippen molar-refractivity contribution in [2.75, 3.05) is 40.9 Å². The summed E-state index contributed by atoms with van der Waals surface area (Å²) in [4.78, 5) is 37.6. The number of amides is 1. The Morgan fingerprint density at radius 1 is 0.500 bits per heavy atom. The summed E-state index contributed by atoms with van der Waals surface area (Å²) in [6, 6.07) is -0.854. The summed E-state index contributed by atoms with van der Waals surface area (Å²) in [5, 5.41) is 3.04. The number of quaternary nitrogens is 1. The Kier molecular flexibility index (Phi) is 49.0. The third-order valence-corrected chi connectivity index (χ3v) is 14.0. The van der Waals surface area contributed by atoms with Crippen molar-refractivity contribution in [3.05, 3.63) is 48.6 Å². The zero-order chi connectivity index (χ0) is 51.5. The second-order valence-electron chi connectivity index (χ2n) is 21.2. The summed E-state index contributed by atoms with van der Waals surface area (Å²) < 4.78 is 30.6. The molecule has 9 nitrogen and oxygen atoms in total. The van der Waals surface area contributed by atoms with Crippen LogP contribution in [-0.4, -0.2) is 74.3 Å². The first kappa shape index (κ1) is 68.0. The van der Waals surface area contributed by atoms with Crippen molar-refractivity contribution in [2.24, 2.45) is 0 Å². The number of ether oxygens (including phenoxy) is 1. The van der Waals surface area contributed by atoms with Gasteiger partial charge in [0, 0.05) is 12.8 Å².